The molecular formula is C41H43ClN10O. The summed E-state index contributed by atoms with van der Waals surface area (Å²) in [6.07, 6.45) is 18.4. The second-order valence-electron chi connectivity index (χ2n) is 12.0. The van der Waals surface area contributed by atoms with E-state index in [1.807, 2.05) is 96.3 Å². The summed E-state index contributed by atoms with van der Waals surface area (Å²) in [4.78, 5) is 27.1. The van der Waals surface area contributed by atoms with E-state index in [1.54, 1.807) is 25.0 Å². The molecule has 12 heteroatoms. The largest absolute Gasteiger partial charge is 0.400 e. The van der Waals surface area contributed by atoms with Crippen LogP contribution in [-0.4, -0.2) is 60.4 Å². The van der Waals surface area contributed by atoms with Crippen molar-refractivity contribution in [3.63, 3.8) is 0 Å². The Kier molecular flexibility index (Phi) is 13.6. The molecule has 0 radical (unpaired) electrons. The Morgan fingerprint density at radius 2 is 0.906 bits per heavy atom. The Hall–Kier alpha value is -6.17. The zero-order valence-electron chi connectivity index (χ0n) is 30.0. The van der Waals surface area contributed by atoms with Gasteiger partial charge in [-0.3, -0.25) is 9.13 Å². The van der Waals surface area contributed by atoms with Crippen molar-refractivity contribution in [2.75, 3.05) is 7.11 Å². The van der Waals surface area contributed by atoms with Crippen molar-refractivity contribution in [2.24, 2.45) is 14.1 Å². The summed E-state index contributed by atoms with van der Waals surface area (Å²) in [6, 6.07) is 32.7. The number of benzene rings is 2. The number of aliphatic hydroxyl groups excluding tert-OH is 1. The number of aromatic nitrogens is 10. The molecule has 270 valence electrons. The van der Waals surface area contributed by atoms with Gasteiger partial charge in [0.25, 0.3) is 0 Å². The maximum atomic E-state index is 7.00. The van der Waals surface area contributed by atoms with Gasteiger partial charge in [-0.2, -0.15) is 0 Å². The Morgan fingerprint density at radius 1 is 0.491 bits per heavy atom. The average molecular weight is 727 g/mol. The quantitative estimate of drug-likeness (QED) is 0.162. The summed E-state index contributed by atoms with van der Waals surface area (Å²) >= 11 is 0. The summed E-state index contributed by atoms with van der Waals surface area (Å²) in [5.41, 5.74) is 6.41. The third kappa shape index (κ3) is 10.0. The SMILES string of the molecule is CO.Cl.Cn1cc(-c2ccccc2)nc1CCc1cccc(-n2ccnc2)n1.Cn1cc(-c2ccccc2)nc1CCc1cccc(-n2ccnc2)n1. The van der Waals surface area contributed by atoms with E-state index in [4.69, 9.17) is 25.0 Å². The molecular weight excluding hydrogens is 684 g/mol. The van der Waals surface area contributed by atoms with Gasteiger partial charge in [-0.25, -0.2) is 29.9 Å². The molecule has 0 saturated carbocycles. The lowest BCUT2D eigenvalue weighted by Gasteiger charge is -2.05. The van der Waals surface area contributed by atoms with E-state index in [-0.39, 0.29) is 12.4 Å². The number of hydrogen-bond donors (Lipinski definition) is 1. The van der Waals surface area contributed by atoms with Gasteiger partial charge in [-0.05, 0) is 37.1 Å². The lowest BCUT2D eigenvalue weighted by atomic mass is 10.2. The molecule has 0 unspecified atom stereocenters. The number of halogens is 1. The van der Waals surface area contributed by atoms with Gasteiger partial charge in [-0.1, -0.05) is 72.8 Å². The summed E-state index contributed by atoms with van der Waals surface area (Å²) in [5.74, 6) is 3.90. The van der Waals surface area contributed by atoms with Gasteiger partial charge in [0.1, 0.15) is 35.9 Å². The molecule has 11 nitrogen and oxygen atoms in total. The van der Waals surface area contributed by atoms with Gasteiger partial charge in [0.15, 0.2) is 0 Å². The Morgan fingerprint density at radius 3 is 1.28 bits per heavy atom. The minimum atomic E-state index is 0. The molecule has 0 saturated heterocycles. The molecule has 0 bridgehead atoms. The van der Waals surface area contributed by atoms with Crippen LogP contribution in [0, 0.1) is 0 Å². The third-order valence-electron chi connectivity index (χ3n) is 8.42. The summed E-state index contributed by atoms with van der Waals surface area (Å²) in [5, 5.41) is 7.00. The predicted octanol–water partition coefficient (Wildman–Crippen LogP) is 6.94. The molecule has 0 fully saturated rings. The van der Waals surface area contributed by atoms with Crippen molar-refractivity contribution in [1.29, 1.82) is 0 Å². The topological polar surface area (TPSA) is 117 Å². The Labute approximate surface area is 315 Å². The molecule has 1 N–H and O–H groups in total. The van der Waals surface area contributed by atoms with E-state index in [2.05, 4.69) is 67.9 Å². The molecule has 0 aliphatic rings. The first kappa shape index (κ1) is 38.1. The first-order valence-electron chi connectivity index (χ1n) is 17.1. The van der Waals surface area contributed by atoms with Crippen molar-refractivity contribution in [2.45, 2.75) is 25.7 Å². The van der Waals surface area contributed by atoms with E-state index in [0.717, 1.165) is 90.0 Å². The van der Waals surface area contributed by atoms with Crippen molar-refractivity contribution in [3.8, 4) is 34.2 Å². The number of imidazole rings is 4. The molecule has 0 aliphatic heterocycles. The highest BCUT2D eigenvalue weighted by atomic mass is 35.5. The van der Waals surface area contributed by atoms with Crippen molar-refractivity contribution in [3.05, 3.63) is 170 Å². The van der Waals surface area contributed by atoms with Gasteiger partial charge >= 0.3 is 0 Å². The smallest absolute Gasteiger partial charge is 0.138 e. The normalized spacial score (nSPS) is 10.4. The van der Waals surface area contributed by atoms with Crippen LogP contribution < -0.4 is 0 Å². The van der Waals surface area contributed by atoms with Gasteiger partial charge in [0.2, 0.25) is 0 Å². The van der Waals surface area contributed by atoms with E-state index < -0.39 is 0 Å². The first-order valence-corrected chi connectivity index (χ1v) is 17.1. The van der Waals surface area contributed by atoms with Crippen LogP contribution >= 0.6 is 12.4 Å². The average Bonchev–Trinajstić information content (AvgIpc) is 4.04. The van der Waals surface area contributed by atoms with E-state index in [0.29, 0.717) is 0 Å². The zero-order valence-corrected chi connectivity index (χ0v) is 30.8. The van der Waals surface area contributed by atoms with Crippen LogP contribution in [-0.2, 0) is 39.8 Å². The van der Waals surface area contributed by atoms with Crippen LogP contribution in [0.5, 0.6) is 0 Å². The lowest BCUT2D eigenvalue weighted by molar-refractivity contribution is 0.399. The molecule has 0 atom stereocenters. The van der Waals surface area contributed by atoms with Crippen LogP contribution in [0.2, 0.25) is 0 Å². The van der Waals surface area contributed by atoms with Crippen molar-refractivity contribution < 1.29 is 5.11 Å². The molecule has 53 heavy (non-hydrogen) atoms. The van der Waals surface area contributed by atoms with Crippen molar-refractivity contribution in [1.82, 2.24) is 48.2 Å². The number of hydrogen-bond acceptors (Lipinski definition) is 7. The molecule has 6 heterocycles. The first-order chi connectivity index (χ1) is 25.6. The van der Waals surface area contributed by atoms with Crippen molar-refractivity contribution >= 4 is 12.4 Å². The fraction of sp³-hybridized carbons (Fsp3) is 0.171. The number of aryl methyl sites for hydroxylation is 6. The standard InChI is InChI=1S/2C20H19N5.CH4O.ClH/c2*1-24-14-18(16-6-3-2-4-7-16)23-19(24)11-10-17-8-5-9-20(22-17)25-13-12-21-15-25;1-2;/h2*2-9,12-15H,10-11H2,1H3;2H,1H3;1H. The van der Waals surface area contributed by atoms with Crippen LogP contribution in [0.1, 0.15) is 23.0 Å². The lowest BCUT2D eigenvalue weighted by Crippen LogP contribution is -2.03. The van der Waals surface area contributed by atoms with Gasteiger partial charge in [0.05, 0.1) is 11.4 Å². The highest BCUT2D eigenvalue weighted by Gasteiger charge is 2.10. The van der Waals surface area contributed by atoms with E-state index >= 15 is 0 Å². The fourth-order valence-electron chi connectivity index (χ4n) is 5.74. The number of aliphatic hydroxyl groups is 1. The second-order valence-corrected chi connectivity index (χ2v) is 12.0. The summed E-state index contributed by atoms with van der Waals surface area (Å²) in [7, 11) is 5.09. The van der Waals surface area contributed by atoms with Crippen LogP contribution in [0.15, 0.2) is 147 Å². The fourth-order valence-corrected chi connectivity index (χ4v) is 5.74. The minimum Gasteiger partial charge on any atom is -0.400 e. The summed E-state index contributed by atoms with van der Waals surface area (Å²) < 4.78 is 8.03. The third-order valence-corrected chi connectivity index (χ3v) is 8.42. The maximum Gasteiger partial charge on any atom is 0.138 e. The number of rotatable bonds is 10. The summed E-state index contributed by atoms with van der Waals surface area (Å²) in [6.45, 7) is 0. The van der Waals surface area contributed by atoms with Crippen LogP contribution in [0.25, 0.3) is 34.2 Å². The highest BCUT2D eigenvalue weighted by molar-refractivity contribution is 5.85. The minimum absolute atomic E-state index is 0. The highest BCUT2D eigenvalue weighted by Crippen LogP contribution is 2.20. The molecule has 2 aromatic carbocycles. The molecule has 0 spiro atoms. The van der Waals surface area contributed by atoms with Gasteiger partial charge < -0.3 is 14.2 Å². The van der Waals surface area contributed by atoms with Gasteiger partial charge in [0, 0.05) is 93.7 Å². The molecule has 0 amide bonds. The van der Waals surface area contributed by atoms with Crippen LogP contribution in [0.3, 0.4) is 0 Å². The Bertz CT molecular complexity index is 2090. The maximum absolute atomic E-state index is 7.00. The molecule has 8 rings (SSSR count). The second kappa shape index (κ2) is 18.9. The number of pyridine rings is 2. The van der Waals surface area contributed by atoms with Gasteiger partial charge in [-0.15, -0.1) is 12.4 Å². The Balaban J connectivity index is 0.000000192. The predicted molar refractivity (Wildman–Crippen MR) is 210 cm³/mol. The van der Waals surface area contributed by atoms with Crippen LogP contribution in [0.4, 0.5) is 0 Å². The van der Waals surface area contributed by atoms with E-state index in [1.165, 1.54) is 0 Å². The zero-order chi connectivity index (χ0) is 36.1. The molecule has 6 aromatic heterocycles. The number of nitrogens with zero attached hydrogens (tertiary/aromatic N) is 10. The monoisotopic (exact) mass is 726 g/mol. The molecule has 0 aliphatic carbocycles. The van der Waals surface area contributed by atoms with E-state index in [9.17, 15) is 0 Å². The molecule has 8 aromatic rings.